The molecule has 2 rings (SSSR count). The van der Waals surface area contributed by atoms with Gasteiger partial charge in [0.15, 0.2) is 0 Å². The molecule has 4 heteroatoms. The summed E-state index contributed by atoms with van der Waals surface area (Å²) < 4.78 is 20.3. The molecule has 0 bridgehead atoms. The highest BCUT2D eigenvalue weighted by atomic mass is 79.9. The maximum atomic E-state index is 13.1. The SMILES string of the molecule is Fc1cc(Br)cc(OCc2ccc(Br)cc2)c1. The molecule has 0 amide bonds. The first-order chi connectivity index (χ1) is 8.13. The standard InChI is InChI=1S/C13H9Br2FO/c14-10-3-1-9(2-4-10)8-17-13-6-11(15)5-12(16)7-13/h1-7H,8H2. The Hall–Kier alpha value is -0.870. The van der Waals surface area contributed by atoms with E-state index in [0.717, 1.165) is 10.0 Å². The molecule has 0 saturated carbocycles. The number of rotatable bonds is 3. The highest BCUT2D eigenvalue weighted by Gasteiger charge is 2.00. The van der Waals surface area contributed by atoms with E-state index in [-0.39, 0.29) is 5.82 Å². The van der Waals surface area contributed by atoms with E-state index in [1.807, 2.05) is 24.3 Å². The highest BCUT2D eigenvalue weighted by Crippen LogP contribution is 2.21. The van der Waals surface area contributed by atoms with E-state index in [1.54, 1.807) is 6.07 Å². The Morgan fingerprint density at radius 3 is 2.29 bits per heavy atom. The van der Waals surface area contributed by atoms with Crippen molar-refractivity contribution in [1.82, 2.24) is 0 Å². The van der Waals surface area contributed by atoms with Gasteiger partial charge in [-0.2, -0.15) is 0 Å². The largest absolute Gasteiger partial charge is 0.489 e. The van der Waals surface area contributed by atoms with Crippen LogP contribution in [0.1, 0.15) is 5.56 Å². The second-order valence-corrected chi connectivity index (χ2v) is 5.35. The average Bonchev–Trinajstić information content (AvgIpc) is 2.27. The third-order valence-corrected chi connectivity index (χ3v) is 3.14. The van der Waals surface area contributed by atoms with Crippen molar-refractivity contribution >= 4 is 31.9 Å². The van der Waals surface area contributed by atoms with Crippen LogP contribution in [0.25, 0.3) is 0 Å². The van der Waals surface area contributed by atoms with Crippen LogP contribution in [-0.2, 0) is 6.61 Å². The van der Waals surface area contributed by atoms with Crippen molar-refractivity contribution in [3.63, 3.8) is 0 Å². The summed E-state index contributed by atoms with van der Waals surface area (Å²) in [4.78, 5) is 0. The molecular weight excluding hydrogens is 351 g/mol. The summed E-state index contributed by atoms with van der Waals surface area (Å²) in [5.74, 6) is 0.199. The fraction of sp³-hybridized carbons (Fsp3) is 0.0769. The molecule has 0 radical (unpaired) electrons. The quantitative estimate of drug-likeness (QED) is 0.754. The van der Waals surface area contributed by atoms with Crippen LogP contribution in [0.4, 0.5) is 4.39 Å². The zero-order chi connectivity index (χ0) is 12.3. The molecule has 2 aromatic carbocycles. The van der Waals surface area contributed by atoms with E-state index in [2.05, 4.69) is 31.9 Å². The van der Waals surface area contributed by atoms with Gasteiger partial charge in [0.05, 0.1) is 0 Å². The first kappa shape index (κ1) is 12.6. The number of benzene rings is 2. The van der Waals surface area contributed by atoms with Gasteiger partial charge in [0.1, 0.15) is 18.2 Å². The Bertz CT molecular complexity index is 491. The highest BCUT2D eigenvalue weighted by molar-refractivity contribution is 9.10. The van der Waals surface area contributed by atoms with Crippen LogP contribution in [0.5, 0.6) is 5.75 Å². The molecule has 0 aliphatic rings. The summed E-state index contributed by atoms with van der Waals surface area (Å²) >= 11 is 6.59. The van der Waals surface area contributed by atoms with Gasteiger partial charge in [-0.3, -0.25) is 0 Å². The normalized spacial score (nSPS) is 10.3. The zero-order valence-electron chi connectivity index (χ0n) is 8.79. The van der Waals surface area contributed by atoms with E-state index < -0.39 is 0 Å². The summed E-state index contributed by atoms with van der Waals surface area (Å²) in [6.45, 7) is 0.420. The summed E-state index contributed by atoms with van der Waals surface area (Å²) in [6.07, 6.45) is 0. The van der Waals surface area contributed by atoms with Crippen LogP contribution in [0.2, 0.25) is 0 Å². The molecule has 0 saturated heterocycles. The van der Waals surface area contributed by atoms with E-state index in [9.17, 15) is 4.39 Å². The number of ether oxygens (including phenoxy) is 1. The van der Waals surface area contributed by atoms with Gasteiger partial charge in [0.2, 0.25) is 0 Å². The van der Waals surface area contributed by atoms with Crippen LogP contribution in [-0.4, -0.2) is 0 Å². The zero-order valence-corrected chi connectivity index (χ0v) is 12.0. The van der Waals surface area contributed by atoms with Crippen molar-refractivity contribution in [3.05, 3.63) is 62.8 Å². The predicted molar refractivity (Wildman–Crippen MR) is 72.6 cm³/mol. The van der Waals surface area contributed by atoms with Gasteiger partial charge in [0, 0.05) is 15.0 Å². The summed E-state index contributed by atoms with van der Waals surface area (Å²) in [7, 11) is 0. The lowest BCUT2D eigenvalue weighted by atomic mass is 10.2. The topological polar surface area (TPSA) is 9.23 Å². The second kappa shape index (κ2) is 5.65. The molecule has 0 aliphatic heterocycles. The number of hydrogen-bond acceptors (Lipinski definition) is 1. The Kier molecular flexibility index (Phi) is 4.18. The van der Waals surface area contributed by atoms with Crippen molar-refractivity contribution in [2.75, 3.05) is 0 Å². The van der Waals surface area contributed by atoms with Crippen molar-refractivity contribution < 1.29 is 9.13 Å². The number of hydrogen-bond donors (Lipinski definition) is 0. The molecule has 17 heavy (non-hydrogen) atoms. The third-order valence-electron chi connectivity index (χ3n) is 2.15. The van der Waals surface area contributed by atoms with Crippen molar-refractivity contribution in [1.29, 1.82) is 0 Å². The van der Waals surface area contributed by atoms with Crippen LogP contribution >= 0.6 is 31.9 Å². The van der Waals surface area contributed by atoms with Gasteiger partial charge < -0.3 is 4.74 Å². The summed E-state index contributed by atoms with van der Waals surface area (Å²) in [5, 5.41) is 0. The smallest absolute Gasteiger partial charge is 0.128 e. The molecule has 0 spiro atoms. The van der Waals surface area contributed by atoms with Crippen molar-refractivity contribution in [2.45, 2.75) is 6.61 Å². The lowest BCUT2D eigenvalue weighted by molar-refractivity contribution is 0.304. The van der Waals surface area contributed by atoms with Crippen molar-refractivity contribution in [2.24, 2.45) is 0 Å². The second-order valence-electron chi connectivity index (χ2n) is 3.52. The lowest BCUT2D eigenvalue weighted by Crippen LogP contribution is -1.95. The van der Waals surface area contributed by atoms with Crippen LogP contribution in [0.15, 0.2) is 51.4 Å². The Balaban J connectivity index is 2.04. The van der Waals surface area contributed by atoms with Crippen LogP contribution < -0.4 is 4.74 Å². The molecule has 0 heterocycles. The molecule has 1 nitrogen and oxygen atoms in total. The average molecular weight is 360 g/mol. The lowest BCUT2D eigenvalue weighted by Gasteiger charge is -2.07. The third kappa shape index (κ3) is 3.82. The van der Waals surface area contributed by atoms with Gasteiger partial charge in [-0.15, -0.1) is 0 Å². The van der Waals surface area contributed by atoms with E-state index in [4.69, 9.17) is 4.74 Å². The van der Waals surface area contributed by atoms with Gasteiger partial charge in [0.25, 0.3) is 0 Å². The van der Waals surface area contributed by atoms with E-state index in [1.165, 1.54) is 12.1 Å². The Morgan fingerprint density at radius 2 is 1.65 bits per heavy atom. The predicted octanol–water partition coefficient (Wildman–Crippen LogP) is 4.93. The monoisotopic (exact) mass is 358 g/mol. The molecule has 2 aromatic rings. The molecular formula is C13H9Br2FO. The van der Waals surface area contributed by atoms with Gasteiger partial charge >= 0.3 is 0 Å². The van der Waals surface area contributed by atoms with Crippen LogP contribution in [0, 0.1) is 5.82 Å². The Labute approximate surface area is 116 Å². The van der Waals surface area contributed by atoms with E-state index >= 15 is 0 Å². The van der Waals surface area contributed by atoms with Gasteiger partial charge in [-0.1, -0.05) is 44.0 Å². The fourth-order valence-electron chi connectivity index (χ4n) is 1.36. The molecule has 0 N–H and O–H groups in total. The molecule has 0 atom stereocenters. The fourth-order valence-corrected chi connectivity index (χ4v) is 2.07. The first-order valence-corrected chi connectivity index (χ1v) is 6.55. The minimum atomic E-state index is -0.315. The molecule has 0 unspecified atom stereocenters. The maximum Gasteiger partial charge on any atom is 0.128 e. The maximum absolute atomic E-state index is 13.1. The minimum Gasteiger partial charge on any atom is -0.489 e. The number of halogens is 3. The van der Waals surface area contributed by atoms with Crippen molar-refractivity contribution in [3.8, 4) is 5.75 Å². The van der Waals surface area contributed by atoms with Gasteiger partial charge in [-0.25, -0.2) is 4.39 Å². The minimum absolute atomic E-state index is 0.315. The van der Waals surface area contributed by atoms with Crippen LogP contribution in [0.3, 0.4) is 0 Å². The first-order valence-electron chi connectivity index (χ1n) is 4.97. The van der Waals surface area contributed by atoms with E-state index in [0.29, 0.717) is 16.8 Å². The molecule has 0 aromatic heterocycles. The summed E-state index contributed by atoms with van der Waals surface area (Å²) in [6, 6.07) is 12.3. The summed E-state index contributed by atoms with van der Waals surface area (Å²) in [5.41, 5.74) is 1.04. The Morgan fingerprint density at radius 1 is 0.941 bits per heavy atom. The van der Waals surface area contributed by atoms with Gasteiger partial charge in [-0.05, 0) is 29.8 Å². The molecule has 88 valence electrons. The molecule has 0 fully saturated rings. The molecule has 0 aliphatic carbocycles.